The molecule has 1 fully saturated rings. The molecule has 1 unspecified atom stereocenters. The summed E-state index contributed by atoms with van der Waals surface area (Å²) in [6, 6.07) is 2.36. The van der Waals surface area contributed by atoms with Crippen molar-refractivity contribution in [2.45, 2.75) is 38.6 Å². The zero-order valence-corrected chi connectivity index (χ0v) is 12.0. The van der Waals surface area contributed by atoms with Crippen LogP contribution in [0.5, 0.6) is 0 Å². The van der Waals surface area contributed by atoms with E-state index in [1.165, 1.54) is 12.8 Å². The second-order valence-electron chi connectivity index (χ2n) is 5.49. The molecule has 108 valence electrons. The van der Waals surface area contributed by atoms with E-state index < -0.39 is 0 Å². The molecule has 2 aromatic heterocycles. The zero-order valence-electron chi connectivity index (χ0n) is 12.0. The molecule has 0 amide bonds. The SMILES string of the molecule is CCCNC(Cc1nc(-c2ccn(C)n2)no1)C1CC1. The highest BCUT2D eigenvalue weighted by Gasteiger charge is 2.32. The summed E-state index contributed by atoms with van der Waals surface area (Å²) in [7, 11) is 1.88. The van der Waals surface area contributed by atoms with Gasteiger partial charge in [-0.1, -0.05) is 12.1 Å². The normalized spacial score (nSPS) is 16.5. The van der Waals surface area contributed by atoms with E-state index in [0.717, 1.165) is 31.0 Å². The van der Waals surface area contributed by atoms with Crippen LogP contribution in [0.25, 0.3) is 11.5 Å². The van der Waals surface area contributed by atoms with E-state index in [1.54, 1.807) is 4.68 Å². The maximum atomic E-state index is 5.37. The summed E-state index contributed by atoms with van der Waals surface area (Å²) in [6.45, 7) is 3.23. The van der Waals surface area contributed by atoms with Crippen molar-refractivity contribution in [2.24, 2.45) is 13.0 Å². The van der Waals surface area contributed by atoms with E-state index >= 15 is 0 Å². The highest BCUT2D eigenvalue weighted by molar-refractivity contribution is 5.46. The van der Waals surface area contributed by atoms with Gasteiger partial charge in [0.15, 0.2) is 0 Å². The van der Waals surface area contributed by atoms with Crippen molar-refractivity contribution in [3.63, 3.8) is 0 Å². The van der Waals surface area contributed by atoms with E-state index in [4.69, 9.17) is 4.52 Å². The smallest absolute Gasteiger partial charge is 0.228 e. The molecule has 2 heterocycles. The Hall–Kier alpha value is -1.69. The van der Waals surface area contributed by atoms with Crippen LogP contribution in [0, 0.1) is 5.92 Å². The molecule has 6 heteroatoms. The highest BCUT2D eigenvalue weighted by atomic mass is 16.5. The van der Waals surface area contributed by atoms with Crippen LogP contribution in [0.15, 0.2) is 16.8 Å². The Morgan fingerprint density at radius 1 is 1.50 bits per heavy atom. The maximum Gasteiger partial charge on any atom is 0.228 e. The van der Waals surface area contributed by atoms with E-state index in [9.17, 15) is 0 Å². The number of hydrogen-bond acceptors (Lipinski definition) is 5. The summed E-state index contributed by atoms with van der Waals surface area (Å²) in [5, 5.41) is 11.9. The van der Waals surface area contributed by atoms with Crippen molar-refractivity contribution in [1.82, 2.24) is 25.2 Å². The van der Waals surface area contributed by atoms with Gasteiger partial charge in [-0.3, -0.25) is 4.68 Å². The fourth-order valence-corrected chi connectivity index (χ4v) is 2.40. The number of aryl methyl sites for hydroxylation is 1. The maximum absolute atomic E-state index is 5.37. The summed E-state index contributed by atoms with van der Waals surface area (Å²) in [6.07, 6.45) is 6.45. The average molecular weight is 275 g/mol. The lowest BCUT2D eigenvalue weighted by Crippen LogP contribution is -2.33. The summed E-state index contributed by atoms with van der Waals surface area (Å²) in [4.78, 5) is 4.46. The van der Waals surface area contributed by atoms with Crippen molar-refractivity contribution < 1.29 is 4.52 Å². The number of hydrogen-bond donors (Lipinski definition) is 1. The van der Waals surface area contributed by atoms with Crippen LogP contribution >= 0.6 is 0 Å². The quantitative estimate of drug-likeness (QED) is 0.834. The number of nitrogens with one attached hydrogen (secondary N) is 1. The van der Waals surface area contributed by atoms with Gasteiger partial charge in [0, 0.05) is 25.7 Å². The van der Waals surface area contributed by atoms with Crippen molar-refractivity contribution in [2.75, 3.05) is 6.54 Å². The fraction of sp³-hybridized carbons (Fsp3) is 0.643. The fourth-order valence-electron chi connectivity index (χ4n) is 2.40. The Labute approximate surface area is 118 Å². The molecule has 1 saturated carbocycles. The lowest BCUT2D eigenvalue weighted by atomic mass is 10.1. The Balaban J connectivity index is 1.66. The lowest BCUT2D eigenvalue weighted by Gasteiger charge is -2.15. The van der Waals surface area contributed by atoms with Crippen LogP contribution in [-0.2, 0) is 13.5 Å². The minimum Gasteiger partial charge on any atom is -0.339 e. The van der Waals surface area contributed by atoms with Crippen LogP contribution in [0.4, 0.5) is 0 Å². The number of rotatable bonds is 7. The molecule has 0 spiro atoms. The van der Waals surface area contributed by atoms with Crippen LogP contribution in [0.1, 0.15) is 32.1 Å². The third-order valence-corrected chi connectivity index (χ3v) is 3.65. The predicted octanol–water partition coefficient (Wildman–Crippen LogP) is 1.79. The Bertz CT molecular complexity index is 557. The monoisotopic (exact) mass is 275 g/mol. The van der Waals surface area contributed by atoms with Gasteiger partial charge < -0.3 is 9.84 Å². The largest absolute Gasteiger partial charge is 0.339 e. The molecule has 1 N–H and O–H groups in total. The summed E-state index contributed by atoms with van der Waals surface area (Å²) in [5.41, 5.74) is 0.756. The Kier molecular flexibility index (Phi) is 3.82. The van der Waals surface area contributed by atoms with Gasteiger partial charge in [0.1, 0.15) is 5.69 Å². The minimum atomic E-state index is 0.465. The molecule has 1 aliphatic rings. The second kappa shape index (κ2) is 5.75. The third-order valence-electron chi connectivity index (χ3n) is 3.65. The molecule has 1 atom stereocenters. The van der Waals surface area contributed by atoms with Crippen LogP contribution < -0.4 is 5.32 Å². The summed E-state index contributed by atoms with van der Waals surface area (Å²) >= 11 is 0. The summed E-state index contributed by atoms with van der Waals surface area (Å²) in [5.74, 6) is 2.04. The van der Waals surface area contributed by atoms with Gasteiger partial charge in [-0.25, -0.2) is 0 Å². The van der Waals surface area contributed by atoms with Gasteiger partial charge in [-0.2, -0.15) is 10.1 Å². The van der Waals surface area contributed by atoms with Crippen LogP contribution in [-0.4, -0.2) is 32.5 Å². The molecular weight excluding hydrogens is 254 g/mol. The van der Waals surface area contributed by atoms with Crippen molar-refractivity contribution in [1.29, 1.82) is 0 Å². The van der Waals surface area contributed by atoms with Gasteiger partial charge >= 0.3 is 0 Å². The lowest BCUT2D eigenvalue weighted by molar-refractivity contribution is 0.346. The van der Waals surface area contributed by atoms with Gasteiger partial charge in [-0.05, 0) is 37.8 Å². The van der Waals surface area contributed by atoms with E-state index in [1.807, 2.05) is 19.3 Å². The second-order valence-corrected chi connectivity index (χ2v) is 5.49. The molecule has 0 saturated heterocycles. The van der Waals surface area contributed by atoms with E-state index in [2.05, 4.69) is 27.5 Å². The average Bonchev–Trinajstić information content (AvgIpc) is 3.03. The highest BCUT2D eigenvalue weighted by Crippen LogP contribution is 2.34. The third kappa shape index (κ3) is 3.07. The van der Waals surface area contributed by atoms with Crippen LogP contribution in [0.3, 0.4) is 0 Å². The van der Waals surface area contributed by atoms with Crippen molar-refractivity contribution >= 4 is 0 Å². The molecular formula is C14H21N5O. The molecule has 0 aromatic carbocycles. The van der Waals surface area contributed by atoms with Crippen molar-refractivity contribution in [3.8, 4) is 11.5 Å². The molecule has 20 heavy (non-hydrogen) atoms. The standard InChI is InChI=1S/C14H21N5O/c1-3-7-15-12(10-4-5-10)9-13-16-14(18-20-13)11-6-8-19(2)17-11/h6,8,10,12,15H,3-5,7,9H2,1-2H3. The number of aromatic nitrogens is 4. The molecule has 3 rings (SSSR count). The van der Waals surface area contributed by atoms with Crippen LogP contribution in [0.2, 0.25) is 0 Å². The first-order valence-corrected chi connectivity index (χ1v) is 7.32. The molecule has 2 aromatic rings. The molecule has 6 nitrogen and oxygen atoms in total. The Morgan fingerprint density at radius 2 is 2.35 bits per heavy atom. The molecule has 0 aliphatic heterocycles. The zero-order chi connectivity index (χ0) is 13.9. The first kappa shape index (κ1) is 13.3. The van der Waals surface area contributed by atoms with Gasteiger partial charge in [0.2, 0.25) is 11.7 Å². The first-order valence-electron chi connectivity index (χ1n) is 7.32. The predicted molar refractivity (Wildman–Crippen MR) is 75.0 cm³/mol. The number of nitrogens with zero attached hydrogens (tertiary/aromatic N) is 4. The minimum absolute atomic E-state index is 0.465. The topological polar surface area (TPSA) is 68.8 Å². The van der Waals surface area contributed by atoms with Gasteiger partial charge in [0.05, 0.1) is 0 Å². The molecule has 0 bridgehead atoms. The van der Waals surface area contributed by atoms with E-state index in [0.29, 0.717) is 17.8 Å². The molecule has 1 aliphatic carbocycles. The molecule has 0 radical (unpaired) electrons. The van der Waals surface area contributed by atoms with E-state index in [-0.39, 0.29) is 0 Å². The summed E-state index contributed by atoms with van der Waals surface area (Å²) < 4.78 is 7.10. The Morgan fingerprint density at radius 3 is 3.00 bits per heavy atom. The van der Waals surface area contributed by atoms with Crippen molar-refractivity contribution in [3.05, 3.63) is 18.2 Å². The van der Waals surface area contributed by atoms with Gasteiger partial charge in [0.25, 0.3) is 0 Å². The first-order chi connectivity index (χ1) is 9.76. The van der Waals surface area contributed by atoms with Gasteiger partial charge in [-0.15, -0.1) is 0 Å².